The second-order valence-corrected chi connectivity index (χ2v) is 6.58. The van der Waals surface area contributed by atoms with E-state index in [4.69, 9.17) is 4.42 Å². The molecule has 130 valence electrons. The van der Waals surface area contributed by atoms with Crippen molar-refractivity contribution in [3.05, 3.63) is 39.7 Å². The molecule has 0 spiro atoms. The summed E-state index contributed by atoms with van der Waals surface area (Å²) in [6, 6.07) is 1.77. The van der Waals surface area contributed by atoms with Crippen LogP contribution < -0.4 is 16.0 Å². The van der Waals surface area contributed by atoms with E-state index in [1.165, 1.54) is 11.1 Å². The number of hydrogen-bond acceptors (Lipinski definition) is 5. The second kappa shape index (κ2) is 9.07. The fourth-order valence-electron chi connectivity index (χ4n) is 2.05. The third-order valence-electron chi connectivity index (χ3n) is 3.30. The lowest BCUT2D eigenvalue weighted by molar-refractivity contribution is 0.0925. The van der Waals surface area contributed by atoms with Gasteiger partial charge in [-0.25, -0.2) is 4.98 Å². The topological polar surface area (TPSA) is 91.5 Å². The molecule has 2 rings (SSSR count). The van der Waals surface area contributed by atoms with E-state index in [9.17, 15) is 4.79 Å². The van der Waals surface area contributed by atoms with Gasteiger partial charge in [0.15, 0.2) is 11.7 Å². The first-order valence-electron chi connectivity index (χ1n) is 7.78. The third kappa shape index (κ3) is 5.38. The monoisotopic (exact) mass is 349 g/mol. The number of carbonyl (C=O) groups is 1. The Labute approximate surface area is 145 Å². The van der Waals surface area contributed by atoms with Crippen LogP contribution in [0.1, 0.15) is 32.4 Å². The van der Waals surface area contributed by atoms with Crippen LogP contribution in [-0.2, 0) is 6.54 Å². The Kier molecular flexibility index (Phi) is 6.80. The van der Waals surface area contributed by atoms with Crippen LogP contribution in [0.4, 0.5) is 0 Å². The maximum atomic E-state index is 11.9. The van der Waals surface area contributed by atoms with E-state index in [0.29, 0.717) is 25.4 Å². The Morgan fingerprint density at radius 1 is 1.29 bits per heavy atom. The fraction of sp³-hybridized carbons (Fsp3) is 0.438. The van der Waals surface area contributed by atoms with Gasteiger partial charge >= 0.3 is 0 Å². The number of thiazole rings is 1. The van der Waals surface area contributed by atoms with Gasteiger partial charge < -0.3 is 20.4 Å². The number of furan rings is 1. The summed E-state index contributed by atoms with van der Waals surface area (Å²) in [7, 11) is 1.73. The molecular formula is C16H23N5O2S. The van der Waals surface area contributed by atoms with Gasteiger partial charge in [-0.3, -0.25) is 9.79 Å². The first-order chi connectivity index (χ1) is 11.6. The molecule has 0 unspecified atom stereocenters. The van der Waals surface area contributed by atoms with E-state index in [0.717, 1.165) is 23.0 Å². The molecule has 3 N–H and O–H groups in total. The molecule has 2 aromatic rings. The van der Waals surface area contributed by atoms with Crippen LogP contribution in [0.5, 0.6) is 0 Å². The maximum Gasteiger partial charge on any atom is 0.287 e. The smallest absolute Gasteiger partial charge is 0.287 e. The van der Waals surface area contributed by atoms with Crippen molar-refractivity contribution < 1.29 is 9.21 Å². The van der Waals surface area contributed by atoms with Crippen LogP contribution in [0.15, 0.2) is 27.9 Å². The van der Waals surface area contributed by atoms with Gasteiger partial charge in [0, 0.05) is 36.8 Å². The zero-order valence-corrected chi connectivity index (χ0v) is 15.0. The molecule has 1 amide bonds. The van der Waals surface area contributed by atoms with Gasteiger partial charge in [-0.2, -0.15) is 0 Å². The molecule has 0 atom stereocenters. The maximum absolute atomic E-state index is 11.9. The molecule has 2 heterocycles. The molecule has 2 aromatic heterocycles. The van der Waals surface area contributed by atoms with Gasteiger partial charge in [0.1, 0.15) is 5.01 Å². The SMILES string of the molecule is CN=C(NCCCNC(=O)c1occc1C)NCc1ncc(C)s1. The van der Waals surface area contributed by atoms with Crippen molar-refractivity contribution in [3.8, 4) is 0 Å². The summed E-state index contributed by atoms with van der Waals surface area (Å²) >= 11 is 1.66. The Morgan fingerprint density at radius 3 is 2.71 bits per heavy atom. The molecule has 0 aliphatic rings. The summed E-state index contributed by atoms with van der Waals surface area (Å²) in [5.41, 5.74) is 0.840. The van der Waals surface area contributed by atoms with E-state index in [-0.39, 0.29) is 5.91 Å². The average molecular weight is 349 g/mol. The number of nitrogens with one attached hydrogen (secondary N) is 3. The highest BCUT2D eigenvalue weighted by molar-refractivity contribution is 7.11. The van der Waals surface area contributed by atoms with Crippen LogP contribution in [0.2, 0.25) is 0 Å². The second-order valence-electron chi connectivity index (χ2n) is 5.26. The predicted octanol–water partition coefficient (Wildman–Crippen LogP) is 1.84. The molecule has 0 aliphatic carbocycles. The number of guanidine groups is 1. The molecule has 0 fully saturated rings. The van der Waals surface area contributed by atoms with E-state index in [1.54, 1.807) is 24.5 Å². The Bertz CT molecular complexity index is 692. The highest BCUT2D eigenvalue weighted by Gasteiger charge is 2.11. The number of aromatic nitrogens is 1. The number of aryl methyl sites for hydroxylation is 2. The minimum Gasteiger partial charge on any atom is -0.459 e. The zero-order chi connectivity index (χ0) is 17.4. The number of aliphatic imine (C=N–C) groups is 1. The van der Waals surface area contributed by atoms with Gasteiger partial charge in [0.05, 0.1) is 12.8 Å². The lowest BCUT2D eigenvalue weighted by Crippen LogP contribution is -2.38. The first kappa shape index (κ1) is 18.0. The van der Waals surface area contributed by atoms with Crippen LogP contribution >= 0.6 is 11.3 Å². The van der Waals surface area contributed by atoms with E-state index in [2.05, 4.69) is 25.9 Å². The summed E-state index contributed by atoms with van der Waals surface area (Å²) in [6.45, 7) is 5.79. The van der Waals surface area contributed by atoms with Gasteiger partial charge in [-0.1, -0.05) is 0 Å². The summed E-state index contributed by atoms with van der Waals surface area (Å²) in [5.74, 6) is 0.911. The normalized spacial score (nSPS) is 11.4. The predicted molar refractivity (Wildman–Crippen MR) is 95.4 cm³/mol. The minimum atomic E-state index is -0.181. The van der Waals surface area contributed by atoms with E-state index >= 15 is 0 Å². The van der Waals surface area contributed by atoms with Crippen molar-refractivity contribution in [3.63, 3.8) is 0 Å². The molecule has 0 saturated carbocycles. The average Bonchev–Trinajstić information content (AvgIpc) is 3.18. The highest BCUT2D eigenvalue weighted by atomic mass is 32.1. The largest absolute Gasteiger partial charge is 0.459 e. The van der Waals surface area contributed by atoms with E-state index < -0.39 is 0 Å². The molecule has 24 heavy (non-hydrogen) atoms. The standard InChI is InChI=1S/C16H23N5O2S/c1-11-5-8-23-14(11)15(22)18-6-4-7-19-16(17-3)21-10-13-20-9-12(2)24-13/h5,8-9H,4,6-7,10H2,1-3H3,(H,18,22)(H2,17,19,21). The van der Waals surface area contributed by atoms with Crippen molar-refractivity contribution in [2.45, 2.75) is 26.8 Å². The van der Waals surface area contributed by atoms with Crippen molar-refractivity contribution in [2.75, 3.05) is 20.1 Å². The Hall–Kier alpha value is -2.35. The zero-order valence-electron chi connectivity index (χ0n) is 14.2. The van der Waals surface area contributed by atoms with Crippen LogP contribution in [0.25, 0.3) is 0 Å². The van der Waals surface area contributed by atoms with Gasteiger partial charge in [0.25, 0.3) is 5.91 Å². The number of rotatable bonds is 7. The van der Waals surface area contributed by atoms with Gasteiger partial charge in [0.2, 0.25) is 0 Å². The molecule has 0 bridgehead atoms. The Morgan fingerprint density at radius 2 is 2.08 bits per heavy atom. The highest BCUT2D eigenvalue weighted by Crippen LogP contribution is 2.10. The summed E-state index contributed by atoms with van der Waals surface area (Å²) in [5, 5.41) is 10.3. The number of nitrogens with zero attached hydrogens (tertiary/aromatic N) is 2. The molecular weight excluding hydrogens is 326 g/mol. The quantitative estimate of drug-likeness (QED) is 0.403. The summed E-state index contributed by atoms with van der Waals surface area (Å²) in [4.78, 5) is 21.5. The number of amides is 1. The number of hydrogen-bond donors (Lipinski definition) is 3. The first-order valence-corrected chi connectivity index (χ1v) is 8.60. The molecule has 0 saturated heterocycles. The summed E-state index contributed by atoms with van der Waals surface area (Å²) in [6.07, 6.45) is 4.16. The summed E-state index contributed by atoms with van der Waals surface area (Å²) < 4.78 is 5.15. The van der Waals surface area contributed by atoms with Crippen LogP contribution in [-0.4, -0.2) is 37.0 Å². The number of carbonyl (C=O) groups excluding carboxylic acids is 1. The van der Waals surface area contributed by atoms with Crippen molar-refractivity contribution in [1.29, 1.82) is 0 Å². The minimum absolute atomic E-state index is 0.181. The van der Waals surface area contributed by atoms with Crippen LogP contribution in [0, 0.1) is 13.8 Å². The molecule has 0 aliphatic heterocycles. The van der Waals surface area contributed by atoms with Crippen molar-refractivity contribution >= 4 is 23.2 Å². The molecule has 7 nitrogen and oxygen atoms in total. The van der Waals surface area contributed by atoms with Gasteiger partial charge in [-0.15, -0.1) is 11.3 Å². The fourth-order valence-corrected chi connectivity index (χ4v) is 2.77. The van der Waals surface area contributed by atoms with Gasteiger partial charge in [-0.05, 0) is 26.3 Å². The van der Waals surface area contributed by atoms with E-state index in [1.807, 2.05) is 20.0 Å². The third-order valence-corrected chi connectivity index (χ3v) is 4.21. The Balaban J connectivity index is 1.62. The lowest BCUT2D eigenvalue weighted by Gasteiger charge is -2.11. The van der Waals surface area contributed by atoms with Crippen molar-refractivity contribution in [2.24, 2.45) is 4.99 Å². The van der Waals surface area contributed by atoms with Crippen LogP contribution in [0.3, 0.4) is 0 Å². The lowest BCUT2D eigenvalue weighted by atomic mass is 10.2. The molecule has 0 aromatic carbocycles. The molecule has 0 radical (unpaired) electrons. The molecule has 8 heteroatoms. The van der Waals surface area contributed by atoms with Crippen molar-refractivity contribution in [1.82, 2.24) is 20.9 Å².